The zero-order valence-electron chi connectivity index (χ0n) is 18.8. The minimum absolute atomic E-state index is 0.00635. The van der Waals surface area contributed by atoms with Gasteiger partial charge >= 0.3 is 6.16 Å². The van der Waals surface area contributed by atoms with Crippen molar-refractivity contribution in [3.05, 3.63) is 63.9 Å². The second kappa shape index (κ2) is 7.94. The number of ether oxygens (including phenoxy) is 1. The molecule has 10 heteroatoms. The normalized spacial score (nSPS) is 21.7. The van der Waals surface area contributed by atoms with Gasteiger partial charge in [0.15, 0.2) is 11.6 Å². The Morgan fingerprint density at radius 1 is 1.11 bits per heavy atom. The summed E-state index contributed by atoms with van der Waals surface area (Å²) in [5, 5.41) is 8.74. The monoisotopic (exact) mass is 482 g/mol. The zero-order valence-corrected chi connectivity index (χ0v) is 18.8. The molecule has 0 spiro atoms. The van der Waals surface area contributed by atoms with Crippen molar-refractivity contribution in [2.45, 2.75) is 43.9 Å². The third-order valence-corrected chi connectivity index (χ3v) is 7.30. The first-order chi connectivity index (χ1) is 16.8. The lowest BCUT2D eigenvalue weighted by molar-refractivity contribution is 0.143. The van der Waals surface area contributed by atoms with E-state index in [0.29, 0.717) is 18.8 Å². The maximum atomic E-state index is 16.0. The van der Waals surface area contributed by atoms with Crippen LogP contribution in [0.3, 0.4) is 0 Å². The van der Waals surface area contributed by atoms with Crippen molar-refractivity contribution < 1.29 is 23.4 Å². The lowest BCUT2D eigenvalue weighted by Gasteiger charge is -2.36. The molecule has 182 valence electrons. The minimum Gasteiger partial charge on any atom is -0.449 e. The maximum absolute atomic E-state index is 16.0. The van der Waals surface area contributed by atoms with E-state index in [0.717, 1.165) is 37.4 Å². The second-order valence-corrected chi connectivity index (χ2v) is 9.61. The van der Waals surface area contributed by atoms with Crippen LogP contribution in [0.1, 0.15) is 30.9 Å². The van der Waals surface area contributed by atoms with Crippen LogP contribution in [0.2, 0.25) is 0 Å². The van der Waals surface area contributed by atoms with E-state index in [1.54, 1.807) is 4.90 Å². The van der Waals surface area contributed by atoms with Gasteiger partial charge in [-0.25, -0.2) is 13.6 Å². The van der Waals surface area contributed by atoms with Gasteiger partial charge in [0.05, 0.1) is 17.1 Å². The van der Waals surface area contributed by atoms with E-state index in [1.807, 2.05) is 24.3 Å². The highest BCUT2D eigenvalue weighted by molar-refractivity contribution is 5.86. The van der Waals surface area contributed by atoms with Crippen LogP contribution in [0, 0.1) is 11.6 Å². The number of nitrogens with zero attached hydrogens (tertiary/aromatic N) is 3. The molecule has 3 heterocycles. The summed E-state index contributed by atoms with van der Waals surface area (Å²) in [5.41, 5.74) is 6.63. The van der Waals surface area contributed by atoms with E-state index in [4.69, 9.17) is 10.8 Å². The molecule has 3 fully saturated rings. The topological polar surface area (TPSA) is 101 Å². The number of anilines is 2. The molecule has 1 aliphatic carbocycles. The Labute approximate surface area is 199 Å². The number of carboxylic acid groups (broad SMARTS) is 1. The van der Waals surface area contributed by atoms with Crippen molar-refractivity contribution in [1.82, 2.24) is 9.47 Å². The molecule has 1 aromatic heterocycles. The third-order valence-electron chi connectivity index (χ3n) is 7.30. The summed E-state index contributed by atoms with van der Waals surface area (Å²) in [6.07, 6.45) is 1.88. The van der Waals surface area contributed by atoms with Crippen molar-refractivity contribution in [3.63, 3.8) is 0 Å². The van der Waals surface area contributed by atoms with Gasteiger partial charge in [-0.3, -0.25) is 9.69 Å². The molecule has 2 aliphatic heterocycles. The number of nitrogens with two attached hydrogens (primary N) is 1. The summed E-state index contributed by atoms with van der Waals surface area (Å²) in [6, 6.07) is 8.73. The average Bonchev–Trinajstić information content (AvgIpc) is 3.48. The average molecular weight is 482 g/mol. The predicted octanol–water partition coefficient (Wildman–Crippen LogP) is 3.72. The molecule has 3 N–H and O–H groups in total. The largest absolute Gasteiger partial charge is 0.511 e. The summed E-state index contributed by atoms with van der Waals surface area (Å²) in [7, 11) is 0. The fourth-order valence-corrected chi connectivity index (χ4v) is 5.55. The molecule has 2 aromatic carbocycles. The Hall–Kier alpha value is -3.66. The molecular formula is C25H24F2N4O4. The first kappa shape index (κ1) is 21.8. The van der Waals surface area contributed by atoms with Gasteiger partial charge in [0.1, 0.15) is 11.5 Å². The fraction of sp³-hybridized carbons (Fsp3) is 0.360. The molecule has 35 heavy (non-hydrogen) atoms. The van der Waals surface area contributed by atoms with E-state index in [1.165, 1.54) is 10.8 Å². The lowest BCUT2D eigenvalue weighted by Crippen LogP contribution is -2.46. The van der Waals surface area contributed by atoms with Gasteiger partial charge in [-0.05, 0) is 43.0 Å². The van der Waals surface area contributed by atoms with Crippen LogP contribution in [-0.4, -0.2) is 45.9 Å². The van der Waals surface area contributed by atoms with Gasteiger partial charge in [-0.15, -0.1) is 0 Å². The van der Waals surface area contributed by atoms with Gasteiger partial charge in [-0.2, -0.15) is 0 Å². The number of benzene rings is 2. The molecule has 8 nitrogen and oxygen atoms in total. The summed E-state index contributed by atoms with van der Waals surface area (Å²) in [6.45, 7) is 1.89. The number of halogens is 2. The smallest absolute Gasteiger partial charge is 0.449 e. The quantitative estimate of drug-likeness (QED) is 0.422. The Kier molecular flexibility index (Phi) is 4.96. The Morgan fingerprint density at radius 3 is 2.49 bits per heavy atom. The van der Waals surface area contributed by atoms with E-state index in [2.05, 4.69) is 9.64 Å². The third kappa shape index (κ3) is 3.68. The number of piperazine rings is 1. The highest BCUT2D eigenvalue weighted by Crippen LogP contribution is 2.43. The highest BCUT2D eigenvalue weighted by Gasteiger charge is 2.45. The number of nitrogen functional groups attached to an aromatic ring is 1. The van der Waals surface area contributed by atoms with E-state index < -0.39 is 29.0 Å². The first-order valence-corrected chi connectivity index (χ1v) is 11.6. The Bertz CT molecular complexity index is 1400. The summed E-state index contributed by atoms with van der Waals surface area (Å²) >= 11 is 0. The van der Waals surface area contributed by atoms with Crippen molar-refractivity contribution in [1.29, 1.82) is 0 Å². The van der Waals surface area contributed by atoms with Crippen LogP contribution in [-0.2, 0) is 6.54 Å². The van der Waals surface area contributed by atoms with Crippen molar-refractivity contribution >= 4 is 28.4 Å². The maximum Gasteiger partial charge on any atom is 0.511 e. The van der Waals surface area contributed by atoms with E-state index in [9.17, 15) is 9.59 Å². The fourth-order valence-electron chi connectivity index (χ4n) is 5.55. The molecule has 2 unspecified atom stereocenters. The van der Waals surface area contributed by atoms with Crippen LogP contribution < -0.4 is 20.8 Å². The van der Waals surface area contributed by atoms with E-state index in [-0.39, 0.29) is 34.7 Å². The van der Waals surface area contributed by atoms with E-state index >= 15 is 8.78 Å². The van der Waals surface area contributed by atoms with Crippen LogP contribution in [0.15, 0.2) is 41.3 Å². The molecule has 3 aromatic rings. The van der Waals surface area contributed by atoms with Gasteiger partial charge < -0.3 is 25.0 Å². The van der Waals surface area contributed by atoms with Crippen molar-refractivity contribution in [3.8, 4) is 5.75 Å². The van der Waals surface area contributed by atoms with Crippen LogP contribution in [0.5, 0.6) is 5.75 Å². The standard InChI is InChI=1S/C25H24F2N4O4/c26-19-8-18-22(31(15-5-6-15)12-20(24(18)32)35-25(33)34)21(27)23(19)30-11-16-7-17(30)10-29(16)9-13-1-3-14(28)4-2-13/h1-4,8,12,15-17H,5-7,9-11,28H2,(H,33,34). The molecule has 0 radical (unpaired) electrons. The predicted molar refractivity (Wildman–Crippen MR) is 126 cm³/mol. The highest BCUT2D eigenvalue weighted by atomic mass is 19.1. The minimum atomic E-state index is -1.65. The van der Waals surface area contributed by atoms with Gasteiger partial charge in [0.2, 0.25) is 5.43 Å². The Morgan fingerprint density at radius 2 is 1.86 bits per heavy atom. The number of likely N-dealkylation sites (tertiary alicyclic amines) is 1. The summed E-state index contributed by atoms with van der Waals surface area (Å²) < 4.78 is 37.5. The van der Waals surface area contributed by atoms with Gasteiger partial charge in [-0.1, -0.05) is 12.1 Å². The summed E-state index contributed by atoms with van der Waals surface area (Å²) in [4.78, 5) is 27.9. The second-order valence-electron chi connectivity index (χ2n) is 9.61. The SMILES string of the molecule is Nc1ccc(CN2CC3CC2CN3c2c(F)cc3c(=O)c(OC(=O)O)cn(C4CC4)c3c2F)cc1. The molecule has 1 saturated carbocycles. The number of rotatable bonds is 5. The van der Waals surface area contributed by atoms with Crippen LogP contribution in [0.4, 0.5) is 25.0 Å². The number of pyridine rings is 1. The van der Waals surface area contributed by atoms with Crippen LogP contribution >= 0.6 is 0 Å². The molecule has 6 rings (SSSR count). The summed E-state index contributed by atoms with van der Waals surface area (Å²) in [5.74, 6) is -2.08. The van der Waals surface area contributed by atoms with Crippen molar-refractivity contribution in [2.24, 2.45) is 0 Å². The van der Waals surface area contributed by atoms with Crippen molar-refractivity contribution in [2.75, 3.05) is 23.7 Å². The molecular weight excluding hydrogens is 458 g/mol. The zero-order chi connectivity index (χ0) is 24.4. The molecule has 2 bridgehead atoms. The molecule has 2 atom stereocenters. The van der Waals surface area contributed by atoms with Gasteiger partial charge in [0, 0.05) is 43.4 Å². The lowest BCUT2D eigenvalue weighted by atomic mass is 10.1. The molecule has 2 saturated heterocycles. The molecule has 3 aliphatic rings. The molecule has 0 amide bonds. The Balaban J connectivity index is 1.35. The first-order valence-electron chi connectivity index (χ1n) is 11.6. The van der Waals surface area contributed by atoms with Crippen LogP contribution in [0.25, 0.3) is 10.9 Å². The number of fused-ring (bicyclic) bond motifs is 3. The number of hydrogen-bond donors (Lipinski definition) is 2. The number of hydrogen-bond acceptors (Lipinski definition) is 6. The number of aromatic nitrogens is 1. The number of carbonyl (C=O) groups is 1. The van der Waals surface area contributed by atoms with Gasteiger partial charge in [0.25, 0.3) is 0 Å².